The molecule has 0 aliphatic heterocycles. The van der Waals surface area contributed by atoms with Crippen molar-refractivity contribution in [3.8, 4) is 0 Å². The summed E-state index contributed by atoms with van der Waals surface area (Å²) in [5.41, 5.74) is 6.56. The molecule has 2 aromatic heterocycles. The first kappa shape index (κ1) is 13.9. The van der Waals surface area contributed by atoms with Gasteiger partial charge in [-0.2, -0.15) is 0 Å². The number of thiophene rings is 1. The van der Waals surface area contributed by atoms with E-state index < -0.39 is 5.91 Å². The highest BCUT2D eigenvalue weighted by atomic mass is 35.5. The number of benzene rings is 1. The molecule has 3 rings (SSSR count). The maximum Gasteiger partial charge on any atom is 0.252 e. The number of hydrogen-bond acceptors (Lipinski definition) is 3. The summed E-state index contributed by atoms with van der Waals surface area (Å²) in [7, 11) is 0. The lowest BCUT2D eigenvalue weighted by molar-refractivity contribution is 0.0998. The largest absolute Gasteiger partial charge is 0.365 e. The molecule has 4 nitrogen and oxygen atoms in total. The number of rotatable bonds is 3. The fourth-order valence-electron chi connectivity index (χ4n) is 2.30. The number of nitrogens with zero attached hydrogens (tertiary/aromatic N) is 1. The van der Waals surface area contributed by atoms with Gasteiger partial charge in [0.2, 0.25) is 0 Å². The first-order valence-corrected chi connectivity index (χ1v) is 7.51. The topological polar surface area (TPSA) is 71.9 Å². The van der Waals surface area contributed by atoms with Crippen molar-refractivity contribution in [1.29, 1.82) is 5.41 Å². The number of carbonyl (C=O) groups is 1. The summed E-state index contributed by atoms with van der Waals surface area (Å²) in [6.45, 7) is 0.466. The summed E-state index contributed by atoms with van der Waals surface area (Å²) in [4.78, 5) is 11.4. The molecule has 0 bridgehead atoms. The molecule has 0 aliphatic carbocycles. The van der Waals surface area contributed by atoms with Crippen molar-refractivity contribution >= 4 is 38.9 Å². The van der Waals surface area contributed by atoms with E-state index in [0.717, 1.165) is 10.9 Å². The standard InChI is InChI=1S/C15H12ClN3OS/c16-10-6-12(15(18)20)14(17)19(8-10)7-9-2-1-3-13-11(9)4-5-21-13/h1-6,8,17H,7H2,(H2,18,20). The summed E-state index contributed by atoms with van der Waals surface area (Å²) in [5.74, 6) is -0.648. The van der Waals surface area contributed by atoms with Crippen molar-refractivity contribution in [2.75, 3.05) is 0 Å². The van der Waals surface area contributed by atoms with Gasteiger partial charge in [-0.15, -0.1) is 11.3 Å². The Bertz CT molecular complexity index is 897. The average molecular weight is 318 g/mol. The number of aromatic nitrogens is 1. The highest BCUT2D eigenvalue weighted by Gasteiger charge is 2.10. The van der Waals surface area contributed by atoms with Crippen LogP contribution < -0.4 is 11.2 Å². The molecule has 1 aromatic carbocycles. The van der Waals surface area contributed by atoms with Gasteiger partial charge in [0, 0.05) is 17.4 Å². The molecular weight excluding hydrogens is 306 g/mol. The van der Waals surface area contributed by atoms with Crippen molar-refractivity contribution in [3.63, 3.8) is 0 Å². The summed E-state index contributed by atoms with van der Waals surface area (Å²) < 4.78 is 2.83. The zero-order chi connectivity index (χ0) is 15.0. The van der Waals surface area contributed by atoms with Crippen LogP contribution in [0.4, 0.5) is 0 Å². The molecule has 0 fully saturated rings. The first-order chi connectivity index (χ1) is 10.1. The van der Waals surface area contributed by atoms with Crippen LogP contribution in [0.3, 0.4) is 0 Å². The SMILES string of the molecule is N=c1c(C(N)=O)cc(Cl)cn1Cc1cccc2sccc12. The van der Waals surface area contributed by atoms with Gasteiger partial charge in [0.25, 0.3) is 5.91 Å². The van der Waals surface area contributed by atoms with Crippen molar-refractivity contribution in [3.05, 3.63) is 63.5 Å². The van der Waals surface area contributed by atoms with Crippen molar-refractivity contribution in [2.45, 2.75) is 6.54 Å². The van der Waals surface area contributed by atoms with Crippen molar-refractivity contribution in [1.82, 2.24) is 4.57 Å². The van der Waals surface area contributed by atoms with Crippen LogP contribution in [0.25, 0.3) is 10.1 Å². The Kier molecular flexibility index (Phi) is 3.53. The van der Waals surface area contributed by atoms with Crippen LogP contribution in [0.2, 0.25) is 5.02 Å². The predicted octanol–water partition coefficient (Wildman–Crippen LogP) is 2.98. The van der Waals surface area contributed by atoms with Gasteiger partial charge >= 0.3 is 0 Å². The van der Waals surface area contributed by atoms with Crippen LogP contribution in [-0.2, 0) is 6.54 Å². The molecule has 0 saturated heterocycles. The number of fused-ring (bicyclic) bond motifs is 1. The van der Waals surface area contributed by atoms with Gasteiger partial charge in [0.05, 0.1) is 10.6 Å². The molecule has 0 spiro atoms. The number of halogens is 1. The van der Waals surface area contributed by atoms with E-state index in [1.165, 1.54) is 10.8 Å². The van der Waals surface area contributed by atoms with Gasteiger partial charge in [0.15, 0.2) is 0 Å². The van der Waals surface area contributed by atoms with E-state index in [2.05, 4.69) is 12.1 Å². The Hall–Kier alpha value is -2.11. The van der Waals surface area contributed by atoms with Gasteiger partial charge < -0.3 is 10.3 Å². The molecule has 0 radical (unpaired) electrons. The zero-order valence-electron chi connectivity index (χ0n) is 11.0. The number of amides is 1. The molecule has 6 heteroatoms. The minimum atomic E-state index is -0.648. The van der Waals surface area contributed by atoms with Gasteiger partial charge in [-0.05, 0) is 34.5 Å². The van der Waals surface area contributed by atoms with E-state index in [-0.39, 0.29) is 11.1 Å². The summed E-state index contributed by atoms with van der Waals surface area (Å²) in [6, 6.07) is 9.53. The molecule has 0 saturated carbocycles. The van der Waals surface area contributed by atoms with Crippen LogP contribution >= 0.6 is 22.9 Å². The maximum absolute atomic E-state index is 11.4. The maximum atomic E-state index is 11.4. The Labute approximate surface area is 129 Å². The summed E-state index contributed by atoms with van der Waals surface area (Å²) in [5, 5.41) is 11.7. The number of nitrogens with one attached hydrogen (secondary N) is 1. The zero-order valence-corrected chi connectivity index (χ0v) is 12.5. The van der Waals surface area contributed by atoms with E-state index in [1.54, 1.807) is 22.1 Å². The third-order valence-corrected chi connectivity index (χ3v) is 4.38. The molecule has 3 aromatic rings. The molecule has 3 N–H and O–H groups in total. The van der Waals surface area contributed by atoms with Crippen molar-refractivity contribution < 1.29 is 4.79 Å². The minimum absolute atomic E-state index is 0.0686. The monoisotopic (exact) mass is 317 g/mol. The van der Waals surface area contributed by atoms with Crippen LogP contribution in [0.1, 0.15) is 15.9 Å². The first-order valence-electron chi connectivity index (χ1n) is 6.26. The highest BCUT2D eigenvalue weighted by Crippen LogP contribution is 2.24. The van der Waals surface area contributed by atoms with Gasteiger partial charge in [-0.3, -0.25) is 10.2 Å². The second-order valence-electron chi connectivity index (χ2n) is 4.66. The molecule has 0 atom stereocenters. The lowest BCUT2D eigenvalue weighted by atomic mass is 10.1. The minimum Gasteiger partial charge on any atom is -0.365 e. The lowest BCUT2D eigenvalue weighted by Gasteiger charge is -2.11. The Morgan fingerprint density at radius 1 is 1.38 bits per heavy atom. The van der Waals surface area contributed by atoms with E-state index >= 15 is 0 Å². The predicted molar refractivity (Wildman–Crippen MR) is 84.7 cm³/mol. The van der Waals surface area contributed by atoms with Crippen LogP contribution in [0.5, 0.6) is 0 Å². The van der Waals surface area contributed by atoms with Gasteiger partial charge in [-0.1, -0.05) is 23.7 Å². The highest BCUT2D eigenvalue weighted by molar-refractivity contribution is 7.17. The molecule has 106 valence electrons. The molecule has 1 amide bonds. The summed E-state index contributed by atoms with van der Waals surface area (Å²) in [6.07, 6.45) is 1.64. The number of hydrogen-bond donors (Lipinski definition) is 2. The normalized spacial score (nSPS) is 10.9. The Balaban J connectivity index is 2.12. The Morgan fingerprint density at radius 2 is 2.19 bits per heavy atom. The lowest BCUT2D eigenvalue weighted by Crippen LogP contribution is -2.29. The average Bonchev–Trinajstić information content (AvgIpc) is 2.91. The fraction of sp³-hybridized carbons (Fsp3) is 0.0667. The third kappa shape index (κ3) is 2.57. The Morgan fingerprint density at radius 3 is 2.95 bits per heavy atom. The van der Waals surface area contributed by atoms with Gasteiger partial charge in [0.1, 0.15) is 5.49 Å². The third-order valence-electron chi connectivity index (χ3n) is 3.30. The molecule has 21 heavy (non-hydrogen) atoms. The second kappa shape index (κ2) is 5.35. The van der Waals surface area contributed by atoms with E-state index in [9.17, 15) is 4.79 Å². The fourth-order valence-corrected chi connectivity index (χ4v) is 3.36. The number of pyridine rings is 1. The molecule has 0 unspecified atom stereocenters. The number of carbonyl (C=O) groups excluding carboxylic acids is 1. The van der Waals surface area contributed by atoms with Gasteiger partial charge in [-0.25, -0.2) is 0 Å². The van der Waals surface area contributed by atoms with Crippen LogP contribution in [0.15, 0.2) is 41.9 Å². The summed E-state index contributed by atoms with van der Waals surface area (Å²) >= 11 is 7.69. The smallest absolute Gasteiger partial charge is 0.252 e. The molecule has 2 heterocycles. The van der Waals surface area contributed by atoms with Crippen LogP contribution in [0, 0.1) is 5.41 Å². The van der Waals surface area contributed by atoms with Crippen LogP contribution in [-0.4, -0.2) is 10.5 Å². The van der Waals surface area contributed by atoms with E-state index in [4.69, 9.17) is 22.7 Å². The number of nitrogens with two attached hydrogens (primary N) is 1. The second-order valence-corrected chi connectivity index (χ2v) is 6.05. The number of primary amides is 1. The quantitative estimate of drug-likeness (QED) is 0.766. The van der Waals surface area contributed by atoms with E-state index in [0.29, 0.717) is 11.6 Å². The van der Waals surface area contributed by atoms with Crippen molar-refractivity contribution in [2.24, 2.45) is 5.73 Å². The molecular formula is C15H12ClN3OS. The molecule has 0 aliphatic rings. The van der Waals surface area contributed by atoms with E-state index in [1.807, 2.05) is 17.5 Å².